The van der Waals surface area contributed by atoms with Crippen LogP contribution in [0.2, 0.25) is 0 Å². The summed E-state index contributed by atoms with van der Waals surface area (Å²) in [5.41, 5.74) is 0. The molecular weight excluding hydrogens is 180 g/mol. The first kappa shape index (κ1) is 10.7. The van der Waals surface area contributed by atoms with Crippen LogP contribution in [0.15, 0.2) is 12.4 Å². The summed E-state index contributed by atoms with van der Waals surface area (Å²) in [5, 5.41) is 11.9. The van der Waals surface area contributed by atoms with Gasteiger partial charge in [-0.2, -0.15) is 0 Å². The number of aliphatic hydroxyl groups excluding tert-OH is 1. The fraction of sp³-hybridized carbons (Fsp3) is 0.556. The molecule has 0 radical (unpaired) electrons. The molecule has 0 aliphatic carbocycles. The topological polar surface area (TPSA) is 61.3 Å². The van der Waals surface area contributed by atoms with Crippen LogP contribution in [0.25, 0.3) is 0 Å². The number of aromatic nitrogens is 2. The van der Waals surface area contributed by atoms with E-state index in [1.807, 2.05) is 18.9 Å². The minimum Gasteiger partial charge on any atom is -0.394 e. The second kappa shape index (κ2) is 4.76. The SMILES string of the molecule is CNc1cncc(N(C)C(C)CO)n1. The molecule has 1 rings (SSSR count). The van der Waals surface area contributed by atoms with Crippen LogP contribution in [0.3, 0.4) is 0 Å². The lowest BCUT2D eigenvalue weighted by Crippen LogP contribution is -2.32. The van der Waals surface area contributed by atoms with E-state index in [-0.39, 0.29) is 12.6 Å². The van der Waals surface area contributed by atoms with E-state index in [1.165, 1.54) is 0 Å². The van der Waals surface area contributed by atoms with Crippen molar-refractivity contribution in [3.8, 4) is 0 Å². The zero-order valence-corrected chi connectivity index (χ0v) is 8.73. The summed E-state index contributed by atoms with van der Waals surface area (Å²) >= 11 is 0. The van der Waals surface area contributed by atoms with Gasteiger partial charge >= 0.3 is 0 Å². The van der Waals surface area contributed by atoms with Gasteiger partial charge in [0.25, 0.3) is 0 Å². The van der Waals surface area contributed by atoms with E-state index < -0.39 is 0 Å². The molecule has 0 aliphatic heterocycles. The lowest BCUT2D eigenvalue weighted by atomic mass is 10.3. The Labute approximate surface area is 83.8 Å². The minimum atomic E-state index is 0.0383. The molecule has 1 atom stereocenters. The number of nitrogens with one attached hydrogen (secondary N) is 1. The quantitative estimate of drug-likeness (QED) is 0.727. The Bertz CT molecular complexity index is 292. The molecule has 1 heterocycles. The molecule has 0 saturated heterocycles. The van der Waals surface area contributed by atoms with Crippen molar-refractivity contribution in [2.75, 3.05) is 30.9 Å². The number of nitrogens with zero attached hydrogens (tertiary/aromatic N) is 3. The van der Waals surface area contributed by atoms with Gasteiger partial charge in [-0.25, -0.2) is 4.98 Å². The molecule has 1 aromatic heterocycles. The van der Waals surface area contributed by atoms with Crippen LogP contribution in [0.5, 0.6) is 0 Å². The number of anilines is 2. The van der Waals surface area contributed by atoms with Crippen molar-refractivity contribution in [1.82, 2.24) is 9.97 Å². The highest BCUT2D eigenvalue weighted by atomic mass is 16.3. The fourth-order valence-corrected chi connectivity index (χ4v) is 0.994. The van der Waals surface area contributed by atoms with Gasteiger partial charge in [-0.1, -0.05) is 0 Å². The van der Waals surface area contributed by atoms with Crippen LogP contribution in [-0.4, -0.2) is 41.8 Å². The van der Waals surface area contributed by atoms with E-state index in [0.29, 0.717) is 0 Å². The van der Waals surface area contributed by atoms with Gasteiger partial charge in [0, 0.05) is 14.1 Å². The predicted molar refractivity (Wildman–Crippen MR) is 56.5 cm³/mol. The highest BCUT2D eigenvalue weighted by Crippen LogP contribution is 2.12. The number of rotatable bonds is 4. The summed E-state index contributed by atoms with van der Waals surface area (Å²) in [6.45, 7) is 2.02. The number of likely N-dealkylation sites (N-methyl/N-ethyl adjacent to an activating group) is 1. The second-order valence-electron chi connectivity index (χ2n) is 3.16. The maximum Gasteiger partial charge on any atom is 0.149 e. The predicted octanol–water partition coefficient (Wildman–Crippen LogP) is 0.335. The van der Waals surface area contributed by atoms with E-state index in [0.717, 1.165) is 11.6 Å². The van der Waals surface area contributed by atoms with Gasteiger partial charge in [-0.3, -0.25) is 4.98 Å². The summed E-state index contributed by atoms with van der Waals surface area (Å²) in [6, 6.07) is 0.0383. The van der Waals surface area contributed by atoms with Crippen molar-refractivity contribution in [1.29, 1.82) is 0 Å². The van der Waals surface area contributed by atoms with E-state index in [9.17, 15) is 0 Å². The molecule has 5 heteroatoms. The lowest BCUT2D eigenvalue weighted by molar-refractivity contribution is 0.270. The minimum absolute atomic E-state index is 0.0383. The van der Waals surface area contributed by atoms with Crippen LogP contribution < -0.4 is 10.2 Å². The molecule has 1 aromatic rings. The standard InChI is InChI=1S/C9H16N4O/c1-7(6-14)13(3)9-5-11-4-8(10-2)12-9/h4-5,7,14H,6H2,1-3H3,(H,10,12). The maximum absolute atomic E-state index is 8.99. The van der Waals surface area contributed by atoms with Crippen LogP contribution in [0, 0.1) is 0 Å². The van der Waals surface area contributed by atoms with Crippen molar-refractivity contribution in [2.45, 2.75) is 13.0 Å². The lowest BCUT2D eigenvalue weighted by Gasteiger charge is -2.23. The molecule has 14 heavy (non-hydrogen) atoms. The van der Waals surface area contributed by atoms with E-state index in [1.54, 1.807) is 19.4 Å². The number of hydrogen-bond acceptors (Lipinski definition) is 5. The van der Waals surface area contributed by atoms with Crippen molar-refractivity contribution in [3.63, 3.8) is 0 Å². The highest BCUT2D eigenvalue weighted by Gasteiger charge is 2.10. The molecule has 78 valence electrons. The maximum atomic E-state index is 8.99. The average molecular weight is 196 g/mol. The fourth-order valence-electron chi connectivity index (χ4n) is 0.994. The van der Waals surface area contributed by atoms with Crippen LogP contribution in [-0.2, 0) is 0 Å². The molecule has 0 spiro atoms. The third kappa shape index (κ3) is 2.32. The Morgan fingerprint density at radius 3 is 2.86 bits per heavy atom. The Morgan fingerprint density at radius 1 is 1.57 bits per heavy atom. The summed E-state index contributed by atoms with van der Waals surface area (Å²) < 4.78 is 0. The second-order valence-corrected chi connectivity index (χ2v) is 3.16. The molecule has 0 amide bonds. The zero-order chi connectivity index (χ0) is 10.6. The summed E-state index contributed by atoms with van der Waals surface area (Å²) in [7, 11) is 3.67. The van der Waals surface area contributed by atoms with Gasteiger partial charge in [-0.15, -0.1) is 0 Å². The molecule has 2 N–H and O–H groups in total. The largest absolute Gasteiger partial charge is 0.394 e. The number of aliphatic hydroxyl groups is 1. The van der Waals surface area contributed by atoms with Crippen LogP contribution >= 0.6 is 0 Å². The van der Waals surface area contributed by atoms with E-state index >= 15 is 0 Å². The van der Waals surface area contributed by atoms with Gasteiger partial charge in [0.15, 0.2) is 0 Å². The molecule has 0 saturated carbocycles. The molecule has 5 nitrogen and oxygen atoms in total. The van der Waals surface area contributed by atoms with Crippen molar-refractivity contribution in [3.05, 3.63) is 12.4 Å². The third-order valence-corrected chi connectivity index (χ3v) is 2.16. The van der Waals surface area contributed by atoms with Gasteiger partial charge in [0.1, 0.15) is 11.6 Å². The van der Waals surface area contributed by atoms with Crippen molar-refractivity contribution >= 4 is 11.6 Å². The molecule has 0 fully saturated rings. The van der Waals surface area contributed by atoms with E-state index in [2.05, 4.69) is 15.3 Å². The molecule has 1 unspecified atom stereocenters. The first-order chi connectivity index (χ1) is 6.69. The number of hydrogen-bond donors (Lipinski definition) is 2. The smallest absolute Gasteiger partial charge is 0.149 e. The molecule has 0 bridgehead atoms. The van der Waals surface area contributed by atoms with E-state index in [4.69, 9.17) is 5.11 Å². The first-order valence-corrected chi connectivity index (χ1v) is 4.52. The first-order valence-electron chi connectivity index (χ1n) is 4.52. The van der Waals surface area contributed by atoms with Gasteiger partial charge in [0.05, 0.1) is 25.0 Å². The summed E-state index contributed by atoms with van der Waals surface area (Å²) in [4.78, 5) is 10.2. The van der Waals surface area contributed by atoms with Crippen molar-refractivity contribution < 1.29 is 5.11 Å². The molecule has 0 aromatic carbocycles. The summed E-state index contributed by atoms with van der Waals surface area (Å²) in [6.07, 6.45) is 3.33. The highest BCUT2D eigenvalue weighted by molar-refractivity contribution is 5.43. The van der Waals surface area contributed by atoms with Crippen LogP contribution in [0.1, 0.15) is 6.92 Å². The average Bonchev–Trinajstić information content (AvgIpc) is 2.27. The van der Waals surface area contributed by atoms with Gasteiger partial charge in [-0.05, 0) is 6.92 Å². The zero-order valence-electron chi connectivity index (χ0n) is 8.73. The summed E-state index contributed by atoms with van der Waals surface area (Å²) in [5.74, 6) is 1.47. The Kier molecular flexibility index (Phi) is 3.64. The van der Waals surface area contributed by atoms with Crippen molar-refractivity contribution in [2.24, 2.45) is 0 Å². The monoisotopic (exact) mass is 196 g/mol. The Balaban J connectivity index is 2.83. The molecular formula is C9H16N4O. The Hall–Kier alpha value is -1.36. The molecule has 0 aliphatic rings. The Morgan fingerprint density at radius 2 is 2.29 bits per heavy atom. The van der Waals surface area contributed by atoms with Gasteiger partial charge < -0.3 is 15.3 Å². The van der Waals surface area contributed by atoms with Crippen LogP contribution in [0.4, 0.5) is 11.6 Å². The third-order valence-electron chi connectivity index (χ3n) is 2.16. The normalized spacial score (nSPS) is 12.3. The van der Waals surface area contributed by atoms with Gasteiger partial charge in [0.2, 0.25) is 0 Å².